The number of hydrogen-bond acceptors (Lipinski definition) is 2. The number of carbonyl (C=O) groups excluding carboxylic acids is 1. The van der Waals surface area contributed by atoms with Crippen molar-refractivity contribution in [1.82, 2.24) is 0 Å². The van der Waals surface area contributed by atoms with Crippen LogP contribution in [0.15, 0.2) is 30.3 Å². The second-order valence-electron chi connectivity index (χ2n) is 8.98. The van der Waals surface area contributed by atoms with Gasteiger partial charge >= 0.3 is 5.97 Å². The van der Waals surface area contributed by atoms with Crippen LogP contribution in [0.5, 0.6) is 0 Å². The van der Waals surface area contributed by atoms with Gasteiger partial charge in [0, 0.05) is 0 Å². The van der Waals surface area contributed by atoms with E-state index in [4.69, 9.17) is 4.74 Å². The van der Waals surface area contributed by atoms with Gasteiger partial charge in [-0.3, -0.25) is 4.79 Å². The minimum Gasteiger partial charge on any atom is -0.465 e. The monoisotopic (exact) mass is 416 g/mol. The van der Waals surface area contributed by atoms with Gasteiger partial charge in [0.15, 0.2) is 0 Å². The molecule has 0 saturated heterocycles. The van der Waals surface area contributed by atoms with Gasteiger partial charge in [-0.25, -0.2) is 0 Å². The number of ether oxygens (including phenoxy) is 1. The van der Waals surface area contributed by atoms with E-state index in [1.165, 1.54) is 89.9 Å². The van der Waals surface area contributed by atoms with E-state index in [9.17, 15) is 4.79 Å². The largest absolute Gasteiger partial charge is 0.465 e. The molecule has 0 saturated carbocycles. The molecule has 0 bridgehead atoms. The first-order valence-corrected chi connectivity index (χ1v) is 12.9. The van der Waals surface area contributed by atoms with Crippen LogP contribution in [0.2, 0.25) is 0 Å². The highest BCUT2D eigenvalue weighted by atomic mass is 16.5. The van der Waals surface area contributed by atoms with Crippen LogP contribution in [-0.4, -0.2) is 12.6 Å². The quantitative estimate of drug-likeness (QED) is 0.166. The molecule has 0 aliphatic rings. The van der Waals surface area contributed by atoms with Crippen molar-refractivity contribution in [3.8, 4) is 0 Å². The van der Waals surface area contributed by atoms with Gasteiger partial charge in [-0.15, -0.1) is 0 Å². The van der Waals surface area contributed by atoms with E-state index in [1.807, 2.05) is 30.3 Å². The summed E-state index contributed by atoms with van der Waals surface area (Å²) in [5.74, 6) is 0.356. The molecular weight excluding hydrogens is 368 g/mol. The van der Waals surface area contributed by atoms with E-state index >= 15 is 0 Å². The van der Waals surface area contributed by atoms with Gasteiger partial charge in [-0.1, -0.05) is 128 Å². The van der Waals surface area contributed by atoms with Crippen molar-refractivity contribution in [2.75, 3.05) is 6.61 Å². The first-order valence-electron chi connectivity index (χ1n) is 12.9. The Bertz CT molecular complexity index is 495. The molecule has 0 aliphatic carbocycles. The van der Waals surface area contributed by atoms with Crippen LogP contribution < -0.4 is 0 Å². The summed E-state index contributed by atoms with van der Waals surface area (Å²) in [7, 11) is 0. The maximum absolute atomic E-state index is 12.8. The summed E-state index contributed by atoms with van der Waals surface area (Å²) in [4.78, 5) is 12.8. The van der Waals surface area contributed by atoms with Gasteiger partial charge in [-0.2, -0.15) is 0 Å². The molecule has 0 radical (unpaired) electrons. The van der Waals surface area contributed by atoms with Crippen molar-refractivity contribution in [3.05, 3.63) is 35.9 Å². The van der Waals surface area contributed by atoms with E-state index in [2.05, 4.69) is 20.8 Å². The molecule has 0 amide bonds. The van der Waals surface area contributed by atoms with Crippen LogP contribution in [0.4, 0.5) is 0 Å². The summed E-state index contributed by atoms with van der Waals surface area (Å²) in [5.41, 5.74) is 1.08. The zero-order valence-electron chi connectivity index (χ0n) is 20.2. The molecule has 0 heterocycles. The van der Waals surface area contributed by atoms with Crippen molar-refractivity contribution in [3.63, 3.8) is 0 Å². The Morgan fingerprint density at radius 3 is 1.73 bits per heavy atom. The zero-order valence-corrected chi connectivity index (χ0v) is 20.2. The van der Waals surface area contributed by atoms with E-state index in [0.717, 1.165) is 12.0 Å². The smallest absolute Gasteiger partial charge is 0.313 e. The topological polar surface area (TPSA) is 26.3 Å². The van der Waals surface area contributed by atoms with Crippen LogP contribution in [0, 0.1) is 5.92 Å². The lowest BCUT2D eigenvalue weighted by Gasteiger charge is -2.20. The van der Waals surface area contributed by atoms with Crippen LogP contribution in [0.25, 0.3) is 0 Å². The van der Waals surface area contributed by atoms with Crippen molar-refractivity contribution in [2.45, 2.75) is 123 Å². The molecule has 0 aromatic heterocycles. The summed E-state index contributed by atoms with van der Waals surface area (Å²) in [6, 6.07) is 10.1. The van der Waals surface area contributed by atoms with Gasteiger partial charge in [0.2, 0.25) is 0 Å². The number of rotatable bonds is 19. The minimum absolute atomic E-state index is 0.0420. The third kappa shape index (κ3) is 12.4. The maximum Gasteiger partial charge on any atom is 0.313 e. The molecule has 0 aliphatic heterocycles. The standard InChI is InChI=1S/C28H48O2/c1-4-7-9-11-13-16-20-25(21-17-14-12-10-8-5-2)24-30-28(29)27(6-3)26-22-18-15-19-23-26/h15,18-19,22-23,25,27H,4-14,16-17,20-21,24H2,1-3H3. The third-order valence-corrected chi connectivity index (χ3v) is 6.29. The second-order valence-corrected chi connectivity index (χ2v) is 8.98. The van der Waals surface area contributed by atoms with Crippen LogP contribution >= 0.6 is 0 Å². The van der Waals surface area contributed by atoms with Gasteiger partial charge in [0.05, 0.1) is 12.5 Å². The summed E-state index contributed by atoms with van der Waals surface area (Å²) in [6.45, 7) is 7.21. The molecule has 2 nitrogen and oxygen atoms in total. The van der Waals surface area contributed by atoms with Crippen molar-refractivity contribution < 1.29 is 9.53 Å². The Labute approximate surface area is 187 Å². The predicted octanol–water partition coefficient (Wildman–Crippen LogP) is 8.84. The summed E-state index contributed by atoms with van der Waals surface area (Å²) in [6.07, 6.45) is 19.1. The van der Waals surface area contributed by atoms with Crippen molar-refractivity contribution in [1.29, 1.82) is 0 Å². The first kappa shape index (κ1) is 26.7. The second kappa shape index (κ2) is 18.5. The number of hydrogen-bond donors (Lipinski definition) is 0. The first-order chi connectivity index (χ1) is 14.7. The number of benzene rings is 1. The van der Waals surface area contributed by atoms with Crippen LogP contribution in [0.3, 0.4) is 0 Å². The molecule has 0 spiro atoms. The number of esters is 1. The number of unbranched alkanes of at least 4 members (excludes halogenated alkanes) is 10. The Hall–Kier alpha value is -1.31. The summed E-state index contributed by atoms with van der Waals surface area (Å²) >= 11 is 0. The molecule has 1 rings (SSSR count). The highest BCUT2D eigenvalue weighted by molar-refractivity contribution is 5.78. The Morgan fingerprint density at radius 2 is 1.23 bits per heavy atom. The van der Waals surface area contributed by atoms with Crippen LogP contribution in [-0.2, 0) is 9.53 Å². The molecule has 1 atom stereocenters. The lowest BCUT2D eigenvalue weighted by molar-refractivity contribution is -0.147. The molecule has 2 heteroatoms. The third-order valence-electron chi connectivity index (χ3n) is 6.29. The predicted molar refractivity (Wildman–Crippen MR) is 130 cm³/mol. The molecule has 1 aromatic carbocycles. The fraction of sp³-hybridized carbons (Fsp3) is 0.750. The molecule has 0 N–H and O–H groups in total. The normalized spacial score (nSPS) is 12.3. The average molecular weight is 417 g/mol. The van der Waals surface area contributed by atoms with Gasteiger partial charge < -0.3 is 4.74 Å². The molecule has 172 valence electrons. The van der Waals surface area contributed by atoms with E-state index in [0.29, 0.717) is 12.5 Å². The lowest BCUT2D eigenvalue weighted by atomic mass is 9.94. The minimum atomic E-state index is -0.130. The Morgan fingerprint density at radius 1 is 0.733 bits per heavy atom. The summed E-state index contributed by atoms with van der Waals surface area (Å²) < 4.78 is 5.86. The highest BCUT2D eigenvalue weighted by Crippen LogP contribution is 2.24. The molecule has 1 aromatic rings. The van der Waals surface area contributed by atoms with Crippen molar-refractivity contribution >= 4 is 5.97 Å². The molecular formula is C28H48O2. The van der Waals surface area contributed by atoms with E-state index in [-0.39, 0.29) is 11.9 Å². The molecule has 30 heavy (non-hydrogen) atoms. The fourth-order valence-corrected chi connectivity index (χ4v) is 4.26. The maximum atomic E-state index is 12.8. The van der Waals surface area contributed by atoms with Crippen LogP contribution in [0.1, 0.15) is 129 Å². The molecule has 1 unspecified atom stereocenters. The molecule has 0 fully saturated rings. The van der Waals surface area contributed by atoms with Gasteiger partial charge in [0.1, 0.15) is 0 Å². The Balaban J connectivity index is 2.44. The fourth-order valence-electron chi connectivity index (χ4n) is 4.26. The van der Waals surface area contributed by atoms with E-state index < -0.39 is 0 Å². The number of carbonyl (C=O) groups is 1. The summed E-state index contributed by atoms with van der Waals surface area (Å²) in [5, 5.41) is 0. The Kier molecular flexibility index (Phi) is 16.4. The van der Waals surface area contributed by atoms with Gasteiger partial charge in [0.25, 0.3) is 0 Å². The van der Waals surface area contributed by atoms with Gasteiger partial charge in [-0.05, 0) is 30.7 Å². The lowest BCUT2D eigenvalue weighted by Crippen LogP contribution is -2.20. The zero-order chi connectivity index (χ0) is 21.9. The van der Waals surface area contributed by atoms with E-state index in [1.54, 1.807) is 0 Å². The van der Waals surface area contributed by atoms with Crippen molar-refractivity contribution in [2.24, 2.45) is 5.92 Å². The average Bonchev–Trinajstić information content (AvgIpc) is 2.77. The SMILES string of the molecule is CCCCCCCCC(CCCCCCCC)COC(=O)C(CC)c1ccccc1. The highest BCUT2D eigenvalue weighted by Gasteiger charge is 2.21.